The summed E-state index contributed by atoms with van der Waals surface area (Å²) in [6.45, 7) is 6.88. The van der Waals surface area contributed by atoms with E-state index in [2.05, 4.69) is 44.5 Å². The third kappa shape index (κ3) is 2.81. The number of nitrogens with one attached hydrogen (secondary N) is 1. The number of hydrogen-bond acceptors (Lipinski definition) is 3. The van der Waals surface area contributed by atoms with Crippen LogP contribution in [-0.2, 0) is 0 Å². The molecule has 1 aliphatic heterocycles. The standard InChI is InChI=1S/C11H17BrN2S/c1-2-10(11-7-9(12)8-15-11)14-5-3-13-4-6-14/h7-8,10,13H,2-6H2,1H3/t10-/m0/s1. The highest BCUT2D eigenvalue weighted by molar-refractivity contribution is 9.10. The van der Waals surface area contributed by atoms with Crippen molar-refractivity contribution in [1.29, 1.82) is 0 Å². The van der Waals surface area contributed by atoms with Crippen LogP contribution in [0.25, 0.3) is 0 Å². The lowest BCUT2D eigenvalue weighted by molar-refractivity contribution is 0.172. The Hall–Kier alpha value is 0.1000. The molecule has 1 atom stereocenters. The molecule has 15 heavy (non-hydrogen) atoms. The molecule has 4 heteroatoms. The Morgan fingerprint density at radius 1 is 1.53 bits per heavy atom. The van der Waals surface area contributed by atoms with Gasteiger partial charge in [-0.2, -0.15) is 0 Å². The Labute approximate surface area is 104 Å². The predicted molar refractivity (Wildman–Crippen MR) is 69.5 cm³/mol. The van der Waals surface area contributed by atoms with Crippen LogP contribution in [0.3, 0.4) is 0 Å². The van der Waals surface area contributed by atoms with Crippen molar-refractivity contribution in [2.45, 2.75) is 19.4 Å². The molecule has 0 aromatic carbocycles. The van der Waals surface area contributed by atoms with Crippen LogP contribution < -0.4 is 5.32 Å². The molecule has 2 heterocycles. The van der Waals surface area contributed by atoms with E-state index in [0.29, 0.717) is 6.04 Å². The first-order chi connectivity index (χ1) is 7.31. The van der Waals surface area contributed by atoms with Gasteiger partial charge in [0.25, 0.3) is 0 Å². The lowest BCUT2D eigenvalue weighted by Crippen LogP contribution is -2.44. The zero-order valence-electron chi connectivity index (χ0n) is 9.00. The summed E-state index contributed by atoms with van der Waals surface area (Å²) in [5, 5.41) is 5.58. The fourth-order valence-corrected chi connectivity index (χ4v) is 3.80. The molecule has 1 fully saturated rings. The van der Waals surface area contributed by atoms with E-state index in [1.807, 2.05) is 11.3 Å². The summed E-state index contributed by atoms with van der Waals surface area (Å²) >= 11 is 5.40. The highest BCUT2D eigenvalue weighted by atomic mass is 79.9. The summed E-state index contributed by atoms with van der Waals surface area (Å²) in [6.07, 6.45) is 1.20. The van der Waals surface area contributed by atoms with Gasteiger partial charge in [-0.05, 0) is 28.4 Å². The maximum absolute atomic E-state index is 3.53. The SMILES string of the molecule is CC[C@@H](c1cc(Br)cs1)N1CCNCC1. The molecule has 84 valence electrons. The van der Waals surface area contributed by atoms with Crippen LogP contribution in [0.15, 0.2) is 15.9 Å². The Bertz CT molecular complexity index is 307. The quantitative estimate of drug-likeness (QED) is 0.920. The van der Waals surface area contributed by atoms with Gasteiger partial charge in [0.05, 0.1) is 0 Å². The molecule has 0 aliphatic carbocycles. The summed E-state index contributed by atoms with van der Waals surface area (Å²) in [7, 11) is 0. The number of thiophene rings is 1. The van der Waals surface area contributed by atoms with Gasteiger partial charge in [-0.3, -0.25) is 4.90 Å². The van der Waals surface area contributed by atoms with Gasteiger partial charge >= 0.3 is 0 Å². The van der Waals surface area contributed by atoms with Crippen molar-refractivity contribution in [1.82, 2.24) is 10.2 Å². The van der Waals surface area contributed by atoms with Crippen LogP contribution in [0, 0.1) is 0 Å². The Kier molecular flexibility index (Phi) is 4.20. The molecule has 0 spiro atoms. The maximum Gasteiger partial charge on any atom is 0.0440 e. The number of halogens is 1. The summed E-state index contributed by atoms with van der Waals surface area (Å²) in [5.74, 6) is 0. The molecule has 1 saturated heterocycles. The molecule has 0 amide bonds. The zero-order chi connectivity index (χ0) is 10.7. The maximum atomic E-state index is 3.53. The topological polar surface area (TPSA) is 15.3 Å². The van der Waals surface area contributed by atoms with Crippen LogP contribution in [0.4, 0.5) is 0 Å². The number of hydrogen-bond donors (Lipinski definition) is 1. The van der Waals surface area contributed by atoms with Crippen LogP contribution in [0.5, 0.6) is 0 Å². The number of rotatable bonds is 3. The summed E-state index contributed by atoms with van der Waals surface area (Å²) < 4.78 is 1.22. The second kappa shape index (κ2) is 5.43. The second-order valence-electron chi connectivity index (χ2n) is 3.88. The molecular formula is C11H17BrN2S. The molecule has 1 N–H and O–H groups in total. The summed E-state index contributed by atoms with van der Waals surface area (Å²) in [6, 6.07) is 2.88. The molecule has 1 aliphatic rings. The minimum Gasteiger partial charge on any atom is -0.314 e. The molecule has 0 saturated carbocycles. The molecule has 1 aromatic rings. The van der Waals surface area contributed by atoms with Crippen molar-refractivity contribution >= 4 is 27.3 Å². The van der Waals surface area contributed by atoms with E-state index in [-0.39, 0.29) is 0 Å². The lowest BCUT2D eigenvalue weighted by Gasteiger charge is -2.33. The molecule has 1 aromatic heterocycles. The first-order valence-electron chi connectivity index (χ1n) is 5.50. The zero-order valence-corrected chi connectivity index (χ0v) is 11.4. The minimum absolute atomic E-state index is 0.614. The van der Waals surface area contributed by atoms with Crippen molar-refractivity contribution in [2.24, 2.45) is 0 Å². The lowest BCUT2D eigenvalue weighted by atomic mass is 10.1. The normalized spacial score (nSPS) is 20.4. The van der Waals surface area contributed by atoms with Crippen molar-refractivity contribution in [3.8, 4) is 0 Å². The van der Waals surface area contributed by atoms with Gasteiger partial charge in [0, 0.05) is 47.0 Å². The average Bonchev–Trinajstić information content (AvgIpc) is 2.68. The van der Waals surface area contributed by atoms with Gasteiger partial charge in [0.2, 0.25) is 0 Å². The van der Waals surface area contributed by atoms with Gasteiger partial charge in [-0.25, -0.2) is 0 Å². The number of nitrogens with zero attached hydrogens (tertiary/aromatic N) is 1. The predicted octanol–water partition coefficient (Wildman–Crippen LogP) is 2.87. The third-order valence-corrected chi connectivity index (χ3v) is 4.69. The van der Waals surface area contributed by atoms with E-state index < -0.39 is 0 Å². The molecule has 2 nitrogen and oxygen atoms in total. The highest BCUT2D eigenvalue weighted by Crippen LogP contribution is 2.31. The first-order valence-corrected chi connectivity index (χ1v) is 7.17. The van der Waals surface area contributed by atoms with Gasteiger partial charge in [-0.1, -0.05) is 6.92 Å². The Morgan fingerprint density at radius 2 is 2.27 bits per heavy atom. The largest absolute Gasteiger partial charge is 0.314 e. The van der Waals surface area contributed by atoms with Gasteiger partial charge in [-0.15, -0.1) is 11.3 Å². The van der Waals surface area contributed by atoms with E-state index >= 15 is 0 Å². The van der Waals surface area contributed by atoms with Gasteiger partial charge in [0.15, 0.2) is 0 Å². The van der Waals surface area contributed by atoms with Gasteiger partial charge in [0.1, 0.15) is 0 Å². The molecule has 0 unspecified atom stereocenters. The van der Waals surface area contributed by atoms with Crippen molar-refractivity contribution in [3.05, 3.63) is 20.8 Å². The Balaban J connectivity index is 2.08. The monoisotopic (exact) mass is 288 g/mol. The van der Waals surface area contributed by atoms with E-state index in [0.717, 1.165) is 13.1 Å². The number of piperazine rings is 1. The second-order valence-corrected chi connectivity index (χ2v) is 5.74. The fraction of sp³-hybridized carbons (Fsp3) is 0.636. The molecule has 0 radical (unpaired) electrons. The van der Waals surface area contributed by atoms with E-state index in [1.165, 1.54) is 28.9 Å². The van der Waals surface area contributed by atoms with Crippen LogP contribution in [-0.4, -0.2) is 31.1 Å². The molecule has 0 bridgehead atoms. The average molecular weight is 289 g/mol. The van der Waals surface area contributed by atoms with Crippen molar-refractivity contribution in [3.63, 3.8) is 0 Å². The van der Waals surface area contributed by atoms with Crippen LogP contribution >= 0.6 is 27.3 Å². The smallest absolute Gasteiger partial charge is 0.0440 e. The van der Waals surface area contributed by atoms with E-state index in [9.17, 15) is 0 Å². The van der Waals surface area contributed by atoms with Crippen LogP contribution in [0.2, 0.25) is 0 Å². The summed E-state index contributed by atoms with van der Waals surface area (Å²) in [5.41, 5.74) is 0. The molecule has 2 rings (SSSR count). The van der Waals surface area contributed by atoms with Crippen molar-refractivity contribution < 1.29 is 0 Å². The first kappa shape index (κ1) is 11.6. The van der Waals surface area contributed by atoms with Crippen molar-refractivity contribution in [2.75, 3.05) is 26.2 Å². The fourth-order valence-electron chi connectivity index (χ4n) is 2.14. The minimum atomic E-state index is 0.614. The van der Waals surface area contributed by atoms with Gasteiger partial charge < -0.3 is 5.32 Å². The highest BCUT2D eigenvalue weighted by Gasteiger charge is 2.21. The molecular weight excluding hydrogens is 272 g/mol. The van der Waals surface area contributed by atoms with E-state index in [1.54, 1.807) is 0 Å². The third-order valence-electron chi connectivity index (χ3n) is 2.90. The van der Waals surface area contributed by atoms with Crippen LogP contribution in [0.1, 0.15) is 24.3 Å². The summed E-state index contributed by atoms with van der Waals surface area (Å²) in [4.78, 5) is 4.08. The Morgan fingerprint density at radius 3 is 2.80 bits per heavy atom. The van der Waals surface area contributed by atoms with E-state index in [4.69, 9.17) is 0 Å².